The minimum Gasteiger partial charge on any atom is -0.467 e. The number of aromatic amines is 1. The number of nitrogens with one attached hydrogen (secondary N) is 2. The fourth-order valence-electron chi connectivity index (χ4n) is 3.24. The number of carbonyl (C=O) groups is 2. The molecule has 0 aliphatic carbocycles. The van der Waals surface area contributed by atoms with E-state index in [2.05, 4.69) is 15.3 Å². The summed E-state index contributed by atoms with van der Waals surface area (Å²) in [5.41, 5.74) is 1.85. The molecule has 2 N–H and O–H groups in total. The summed E-state index contributed by atoms with van der Waals surface area (Å²) in [7, 11) is 1.24. The van der Waals surface area contributed by atoms with Gasteiger partial charge in [0, 0.05) is 10.7 Å². The molecule has 0 bridgehead atoms. The van der Waals surface area contributed by atoms with Crippen molar-refractivity contribution in [2.75, 3.05) is 18.2 Å². The number of halogens is 1. The fourth-order valence-corrected chi connectivity index (χ4v) is 4.21. The molecule has 0 unspecified atom stereocenters. The number of fused-ring (bicyclic) bond motifs is 1. The van der Waals surface area contributed by atoms with Gasteiger partial charge in [-0.05, 0) is 43.3 Å². The Morgan fingerprint density at radius 3 is 2.85 bits per heavy atom. The Morgan fingerprint density at radius 2 is 2.12 bits per heavy atom. The largest absolute Gasteiger partial charge is 0.467 e. The third kappa shape index (κ3) is 4.96. The molecule has 4 rings (SSSR count). The summed E-state index contributed by atoms with van der Waals surface area (Å²) in [6.07, 6.45) is 1.52. The number of H-pyrrole nitrogens is 1. The summed E-state index contributed by atoms with van der Waals surface area (Å²) < 4.78 is 11.6. The first kappa shape index (κ1) is 22.7. The van der Waals surface area contributed by atoms with Crippen molar-refractivity contribution in [3.63, 3.8) is 0 Å². The molecule has 33 heavy (non-hydrogen) atoms. The number of thioether (sulfide) groups is 1. The van der Waals surface area contributed by atoms with E-state index in [0.29, 0.717) is 27.0 Å². The lowest BCUT2D eigenvalue weighted by molar-refractivity contribution is -0.113. The number of anilines is 1. The Bertz CT molecular complexity index is 1390. The van der Waals surface area contributed by atoms with Gasteiger partial charge < -0.3 is 19.5 Å². The quantitative estimate of drug-likeness (QED) is 0.231. The van der Waals surface area contributed by atoms with Crippen molar-refractivity contribution in [2.24, 2.45) is 0 Å². The van der Waals surface area contributed by atoms with Crippen LogP contribution in [-0.2, 0) is 16.1 Å². The summed E-state index contributed by atoms with van der Waals surface area (Å²) in [5.74, 6) is -0.487. The molecule has 0 saturated heterocycles. The highest BCUT2D eigenvalue weighted by Crippen LogP contribution is 2.23. The Labute approximate surface area is 197 Å². The van der Waals surface area contributed by atoms with E-state index in [1.54, 1.807) is 24.3 Å². The van der Waals surface area contributed by atoms with Crippen molar-refractivity contribution in [3.05, 3.63) is 75.1 Å². The van der Waals surface area contributed by atoms with E-state index in [0.717, 1.165) is 17.5 Å². The van der Waals surface area contributed by atoms with Gasteiger partial charge in [0.15, 0.2) is 5.16 Å². The van der Waals surface area contributed by atoms with Crippen LogP contribution in [0, 0.1) is 6.92 Å². The normalized spacial score (nSPS) is 11.0. The van der Waals surface area contributed by atoms with Crippen molar-refractivity contribution in [1.29, 1.82) is 0 Å². The first-order valence-corrected chi connectivity index (χ1v) is 11.1. The molecule has 0 radical (unpaired) electrons. The van der Waals surface area contributed by atoms with Gasteiger partial charge in [-0.3, -0.25) is 14.2 Å². The van der Waals surface area contributed by atoms with Gasteiger partial charge in [-0.1, -0.05) is 23.4 Å². The van der Waals surface area contributed by atoms with E-state index in [-0.39, 0.29) is 29.1 Å². The van der Waals surface area contributed by atoms with E-state index in [9.17, 15) is 14.4 Å². The predicted molar refractivity (Wildman–Crippen MR) is 125 cm³/mol. The molecule has 1 aromatic carbocycles. The molecular weight excluding hydrogens is 468 g/mol. The summed E-state index contributed by atoms with van der Waals surface area (Å²) in [4.78, 5) is 45.3. The lowest BCUT2D eigenvalue weighted by atomic mass is 10.2. The van der Waals surface area contributed by atoms with Crippen LogP contribution in [0.2, 0.25) is 5.02 Å². The second kappa shape index (κ2) is 9.55. The molecule has 3 heterocycles. The van der Waals surface area contributed by atoms with Crippen molar-refractivity contribution in [3.8, 4) is 0 Å². The Balaban J connectivity index is 1.58. The predicted octanol–water partition coefficient (Wildman–Crippen LogP) is 3.85. The minimum atomic E-state index is -0.623. The van der Waals surface area contributed by atoms with Crippen LogP contribution in [0.1, 0.15) is 21.8 Å². The molecule has 0 aliphatic heterocycles. The first-order chi connectivity index (χ1) is 15.9. The summed E-state index contributed by atoms with van der Waals surface area (Å²) in [6.45, 7) is 2.00. The Kier molecular flexibility index (Phi) is 6.57. The molecule has 4 aromatic rings. The van der Waals surface area contributed by atoms with Gasteiger partial charge in [-0.15, -0.1) is 0 Å². The second-order valence-corrected chi connectivity index (χ2v) is 8.47. The number of nitrogens with zero attached hydrogens (tertiary/aromatic N) is 2. The summed E-state index contributed by atoms with van der Waals surface area (Å²) in [5, 5.41) is 3.39. The standard InChI is InChI=1S/C22H19ClN4O5S/c1-12-8-17-19(24-12)20(29)27(10-14-4-3-7-32-14)22(26-17)33-11-18(28)25-16-6-5-13(23)9-15(16)21(30)31-2/h3-9,24H,10-11H2,1-2H3,(H,25,28). The molecule has 11 heteroatoms. The molecule has 0 spiro atoms. The average molecular weight is 487 g/mol. The Morgan fingerprint density at radius 1 is 1.30 bits per heavy atom. The van der Waals surface area contributed by atoms with Gasteiger partial charge in [-0.25, -0.2) is 9.78 Å². The van der Waals surface area contributed by atoms with Crippen molar-refractivity contribution < 1.29 is 18.7 Å². The minimum absolute atomic E-state index is 0.0528. The molecule has 0 atom stereocenters. The highest BCUT2D eigenvalue weighted by Gasteiger charge is 2.18. The summed E-state index contributed by atoms with van der Waals surface area (Å²) in [6, 6.07) is 9.76. The fraction of sp³-hybridized carbons (Fsp3) is 0.182. The number of aromatic nitrogens is 3. The molecule has 0 saturated carbocycles. The molecule has 9 nitrogen and oxygen atoms in total. The molecule has 1 amide bonds. The third-order valence-electron chi connectivity index (χ3n) is 4.72. The highest BCUT2D eigenvalue weighted by molar-refractivity contribution is 7.99. The molecule has 0 fully saturated rings. The van der Waals surface area contributed by atoms with Gasteiger partial charge in [0.25, 0.3) is 5.56 Å². The number of ether oxygens (including phenoxy) is 1. The zero-order valence-corrected chi connectivity index (χ0v) is 19.2. The van der Waals surface area contributed by atoms with Crippen molar-refractivity contribution >= 4 is 52.0 Å². The van der Waals surface area contributed by atoms with E-state index >= 15 is 0 Å². The van der Waals surface area contributed by atoms with Crippen LogP contribution in [-0.4, -0.2) is 39.3 Å². The monoisotopic (exact) mass is 486 g/mol. The van der Waals surface area contributed by atoms with Gasteiger partial charge in [0.2, 0.25) is 5.91 Å². The highest BCUT2D eigenvalue weighted by atomic mass is 35.5. The number of amides is 1. The average Bonchev–Trinajstić information content (AvgIpc) is 3.44. The zero-order chi connectivity index (χ0) is 23.5. The van der Waals surface area contributed by atoms with E-state index < -0.39 is 11.9 Å². The number of furan rings is 1. The van der Waals surface area contributed by atoms with E-state index in [1.807, 2.05) is 6.92 Å². The van der Waals surface area contributed by atoms with Crippen LogP contribution in [0.5, 0.6) is 0 Å². The Hall–Kier alpha value is -3.50. The number of esters is 1. The number of carbonyl (C=O) groups excluding carboxylic acids is 2. The van der Waals surface area contributed by atoms with Crippen LogP contribution in [0.15, 0.2) is 57.0 Å². The van der Waals surface area contributed by atoms with Gasteiger partial charge in [0.1, 0.15) is 11.3 Å². The third-order valence-corrected chi connectivity index (χ3v) is 5.94. The smallest absolute Gasteiger partial charge is 0.340 e. The zero-order valence-electron chi connectivity index (χ0n) is 17.7. The number of hydrogen-bond donors (Lipinski definition) is 2. The first-order valence-electron chi connectivity index (χ1n) is 9.78. The van der Waals surface area contributed by atoms with Crippen LogP contribution in [0.4, 0.5) is 5.69 Å². The molecular formula is C22H19ClN4O5S. The molecule has 3 aromatic heterocycles. The topological polar surface area (TPSA) is 119 Å². The summed E-state index contributed by atoms with van der Waals surface area (Å²) >= 11 is 7.06. The second-order valence-electron chi connectivity index (χ2n) is 7.10. The maximum absolute atomic E-state index is 13.1. The van der Waals surface area contributed by atoms with Crippen LogP contribution in [0.25, 0.3) is 11.0 Å². The number of hydrogen-bond acceptors (Lipinski definition) is 7. The number of benzene rings is 1. The maximum atomic E-state index is 13.1. The lowest BCUT2D eigenvalue weighted by Crippen LogP contribution is -2.25. The SMILES string of the molecule is COC(=O)c1cc(Cl)ccc1NC(=O)CSc1nc2cc(C)[nH]c2c(=O)n1Cc1ccco1. The maximum Gasteiger partial charge on any atom is 0.340 e. The van der Waals surface area contributed by atoms with Crippen LogP contribution < -0.4 is 10.9 Å². The molecule has 0 aliphatic rings. The van der Waals surface area contributed by atoms with Crippen molar-refractivity contribution in [1.82, 2.24) is 14.5 Å². The van der Waals surface area contributed by atoms with Gasteiger partial charge in [0.05, 0.1) is 42.4 Å². The van der Waals surface area contributed by atoms with Crippen molar-refractivity contribution in [2.45, 2.75) is 18.6 Å². The van der Waals surface area contributed by atoms with Crippen LogP contribution in [0.3, 0.4) is 0 Å². The lowest BCUT2D eigenvalue weighted by Gasteiger charge is -2.12. The number of aryl methyl sites for hydroxylation is 1. The van der Waals surface area contributed by atoms with Gasteiger partial charge >= 0.3 is 5.97 Å². The van der Waals surface area contributed by atoms with Gasteiger partial charge in [-0.2, -0.15) is 0 Å². The number of rotatable bonds is 7. The number of methoxy groups -OCH3 is 1. The van der Waals surface area contributed by atoms with E-state index in [1.165, 1.54) is 30.1 Å². The van der Waals surface area contributed by atoms with E-state index in [4.69, 9.17) is 20.8 Å². The van der Waals surface area contributed by atoms with Crippen LogP contribution >= 0.6 is 23.4 Å². The molecule has 170 valence electrons.